The highest BCUT2D eigenvalue weighted by atomic mass is 79.9. The van der Waals surface area contributed by atoms with Gasteiger partial charge in [0.25, 0.3) is 0 Å². The fraction of sp³-hybridized carbons (Fsp3) is 0.400. The van der Waals surface area contributed by atoms with Gasteiger partial charge in [0.15, 0.2) is 0 Å². The summed E-state index contributed by atoms with van der Waals surface area (Å²) in [6.45, 7) is 2.14. The van der Waals surface area contributed by atoms with E-state index in [4.69, 9.17) is 9.47 Å². The number of rotatable bonds is 4. The third-order valence-corrected chi connectivity index (χ3v) is 2.17. The van der Waals surface area contributed by atoms with E-state index in [9.17, 15) is 4.79 Å². The lowest BCUT2D eigenvalue weighted by Gasteiger charge is -2.07. The summed E-state index contributed by atoms with van der Waals surface area (Å²) < 4.78 is 10.7. The molecule has 1 heterocycles. The van der Waals surface area contributed by atoms with Crippen LogP contribution in [0.25, 0.3) is 0 Å². The Bertz CT molecular complexity index is 355. The number of carbonyl (C=O) groups excluding carboxylic acids is 1. The summed E-state index contributed by atoms with van der Waals surface area (Å²) >= 11 is 3.28. The third-order valence-electron chi connectivity index (χ3n) is 1.73. The first kappa shape index (κ1) is 12.0. The molecule has 0 unspecified atom stereocenters. The molecule has 0 atom stereocenters. The van der Waals surface area contributed by atoms with E-state index < -0.39 is 0 Å². The first-order valence-electron chi connectivity index (χ1n) is 4.51. The van der Waals surface area contributed by atoms with E-state index in [0.717, 1.165) is 4.47 Å². The first-order valence-corrected chi connectivity index (χ1v) is 5.30. The van der Waals surface area contributed by atoms with Gasteiger partial charge in [-0.2, -0.15) is 0 Å². The molecule has 0 aromatic carbocycles. The van der Waals surface area contributed by atoms with E-state index >= 15 is 0 Å². The number of methoxy groups -OCH3 is 1. The molecule has 0 aliphatic carbocycles. The summed E-state index contributed by atoms with van der Waals surface area (Å²) in [5.41, 5.74) is 0.583. The monoisotopic (exact) mass is 273 g/mol. The van der Waals surface area contributed by atoms with Gasteiger partial charge in [0, 0.05) is 10.7 Å². The second-order valence-electron chi connectivity index (χ2n) is 2.78. The molecule has 0 N–H and O–H groups in total. The molecule has 0 fully saturated rings. The van der Waals surface area contributed by atoms with E-state index in [1.165, 1.54) is 7.11 Å². The van der Waals surface area contributed by atoms with Gasteiger partial charge in [0.1, 0.15) is 5.75 Å². The fourth-order valence-corrected chi connectivity index (χ4v) is 1.42. The van der Waals surface area contributed by atoms with Gasteiger partial charge in [-0.15, -0.1) is 0 Å². The van der Waals surface area contributed by atoms with Gasteiger partial charge >= 0.3 is 5.97 Å². The molecule has 0 amide bonds. The van der Waals surface area contributed by atoms with E-state index in [0.29, 0.717) is 18.1 Å². The molecule has 4 nitrogen and oxygen atoms in total. The standard InChI is InChI=1S/C10H12BrNO3/c1-3-15-10(13)5-8-9(14-2)4-7(11)6-12-8/h4,6H,3,5H2,1-2H3. The second kappa shape index (κ2) is 5.70. The smallest absolute Gasteiger partial charge is 0.312 e. The number of carbonyl (C=O) groups is 1. The van der Waals surface area contributed by atoms with Gasteiger partial charge in [-0.05, 0) is 28.9 Å². The number of hydrogen-bond donors (Lipinski definition) is 0. The van der Waals surface area contributed by atoms with Crippen molar-refractivity contribution in [1.82, 2.24) is 4.98 Å². The molecule has 0 aliphatic heterocycles. The first-order chi connectivity index (χ1) is 7.17. The van der Waals surface area contributed by atoms with Crippen LogP contribution >= 0.6 is 15.9 Å². The Kier molecular flexibility index (Phi) is 4.55. The van der Waals surface area contributed by atoms with Gasteiger partial charge in [0.2, 0.25) is 0 Å². The number of nitrogens with zero attached hydrogens (tertiary/aromatic N) is 1. The number of pyridine rings is 1. The number of hydrogen-bond acceptors (Lipinski definition) is 4. The summed E-state index contributed by atoms with van der Waals surface area (Å²) in [4.78, 5) is 15.3. The van der Waals surface area contributed by atoms with Crippen molar-refractivity contribution in [3.63, 3.8) is 0 Å². The Hall–Kier alpha value is -1.10. The van der Waals surface area contributed by atoms with E-state index in [2.05, 4.69) is 20.9 Å². The minimum absolute atomic E-state index is 0.129. The molecule has 5 heteroatoms. The van der Waals surface area contributed by atoms with Gasteiger partial charge < -0.3 is 9.47 Å². The Morgan fingerprint density at radius 1 is 1.60 bits per heavy atom. The van der Waals surface area contributed by atoms with Crippen LogP contribution in [0.2, 0.25) is 0 Å². The average molecular weight is 274 g/mol. The van der Waals surface area contributed by atoms with Crippen molar-refractivity contribution in [1.29, 1.82) is 0 Å². The van der Waals surface area contributed by atoms with Crippen molar-refractivity contribution in [3.8, 4) is 5.75 Å². The number of aromatic nitrogens is 1. The van der Waals surface area contributed by atoms with Gasteiger partial charge in [-0.3, -0.25) is 9.78 Å². The molecule has 0 radical (unpaired) electrons. The van der Waals surface area contributed by atoms with Crippen LogP contribution in [0.4, 0.5) is 0 Å². The van der Waals surface area contributed by atoms with Crippen molar-refractivity contribution < 1.29 is 14.3 Å². The van der Waals surface area contributed by atoms with Crippen LogP contribution in [0.1, 0.15) is 12.6 Å². The molecule has 0 bridgehead atoms. The lowest BCUT2D eigenvalue weighted by Crippen LogP contribution is -2.09. The lowest BCUT2D eigenvalue weighted by molar-refractivity contribution is -0.142. The van der Waals surface area contributed by atoms with Crippen LogP contribution in [0.3, 0.4) is 0 Å². The van der Waals surface area contributed by atoms with E-state index in [-0.39, 0.29) is 12.4 Å². The van der Waals surface area contributed by atoms with Gasteiger partial charge in [-0.25, -0.2) is 0 Å². The van der Waals surface area contributed by atoms with E-state index in [1.54, 1.807) is 19.2 Å². The molecule has 0 saturated heterocycles. The quantitative estimate of drug-likeness (QED) is 0.787. The predicted octanol–water partition coefficient (Wildman–Crippen LogP) is 1.96. The SMILES string of the molecule is CCOC(=O)Cc1ncc(Br)cc1OC. The maximum Gasteiger partial charge on any atom is 0.312 e. The molecule has 0 spiro atoms. The molecule has 82 valence electrons. The number of ether oxygens (including phenoxy) is 2. The van der Waals surface area contributed by atoms with Crippen molar-refractivity contribution in [2.75, 3.05) is 13.7 Å². The summed E-state index contributed by atoms with van der Waals surface area (Å²) in [5.74, 6) is 0.281. The Labute approximate surface area is 96.7 Å². The summed E-state index contributed by atoms with van der Waals surface area (Å²) in [5, 5.41) is 0. The predicted molar refractivity (Wildman–Crippen MR) is 58.8 cm³/mol. The van der Waals surface area contributed by atoms with Crippen molar-refractivity contribution in [2.45, 2.75) is 13.3 Å². The molecule has 15 heavy (non-hydrogen) atoms. The summed E-state index contributed by atoms with van der Waals surface area (Å²) in [7, 11) is 1.54. The molecule has 0 aliphatic rings. The van der Waals surface area contributed by atoms with Gasteiger partial charge in [-0.1, -0.05) is 0 Å². The van der Waals surface area contributed by atoms with Crippen molar-refractivity contribution >= 4 is 21.9 Å². The Balaban J connectivity index is 2.80. The molecule has 1 rings (SSSR count). The molecular formula is C10H12BrNO3. The highest BCUT2D eigenvalue weighted by Crippen LogP contribution is 2.21. The third kappa shape index (κ3) is 3.51. The van der Waals surface area contributed by atoms with Crippen LogP contribution in [-0.2, 0) is 16.0 Å². The van der Waals surface area contributed by atoms with Crippen LogP contribution in [-0.4, -0.2) is 24.7 Å². The molecule has 1 aromatic rings. The highest BCUT2D eigenvalue weighted by Gasteiger charge is 2.11. The maximum atomic E-state index is 11.2. The van der Waals surface area contributed by atoms with Crippen molar-refractivity contribution in [3.05, 3.63) is 22.4 Å². The topological polar surface area (TPSA) is 48.4 Å². The maximum absolute atomic E-state index is 11.2. The zero-order valence-electron chi connectivity index (χ0n) is 8.62. The minimum atomic E-state index is -0.300. The largest absolute Gasteiger partial charge is 0.495 e. The normalized spacial score (nSPS) is 9.80. The minimum Gasteiger partial charge on any atom is -0.495 e. The van der Waals surface area contributed by atoms with Crippen molar-refractivity contribution in [2.24, 2.45) is 0 Å². The average Bonchev–Trinajstić information content (AvgIpc) is 2.21. The molecular weight excluding hydrogens is 262 g/mol. The Morgan fingerprint density at radius 2 is 2.33 bits per heavy atom. The van der Waals surface area contributed by atoms with Gasteiger partial charge in [0.05, 0.1) is 25.8 Å². The Morgan fingerprint density at radius 3 is 2.93 bits per heavy atom. The van der Waals surface area contributed by atoms with Crippen LogP contribution in [0, 0.1) is 0 Å². The van der Waals surface area contributed by atoms with Crippen LogP contribution in [0.15, 0.2) is 16.7 Å². The highest BCUT2D eigenvalue weighted by molar-refractivity contribution is 9.10. The molecule has 1 aromatic heterocycles. The summed E-state index contributed by atoms with van der Waals surface area (Å²) in [6, 6.07) is 1.77. The lowest BCUT2D eigenvalue weighted by atomic mass is 10.2. The molecule has 0 saturated carbocycles. The fourth-order valence-electron chi connectivity index (χ4n) is 1.11. The zero-order valence-corrected chi connectivity index (χ0v) is 10.2. The number of esters is 1. The van der Waals surface area contributed by atoms with Crippen LogP contribution in [0.5, 0.6) is 5.75 Å². The van der Waals surface area contributed by atoms with Crippen LogP contribution < -0.4 is 4.74 Å². The zero-order chi connectivity index (χ0) is 11.3. The van der Waals surface area contributed by atoms with E-state index in [1.807, 2.05) is 0 Å². The summed E-state index contributed by atoms with van der Waals surface area (Å²) in [6.07, 6.45) is 1.75. The second-order valence-corrected chi connectivity index (χ2v) is 3.70. The number of halogens is 1.